The summed E-state index contributed by atoms with van der Waals surface area (Å²) in [7, 11) is 0. The highest BCUT2D eigenvalue weighted by Crippen LogP contribution is 2.31. The Labute approximate surface area is 306 Å². The molecule has 49 heavy (non-hydrogen) atoms. The summed E-state index contributed by atoms with van der Waals surface area (Å²) < 4.78 is 0. The molecule has 0 aromatic carbocycles. The van der Waals surface area contributed by atoms with Crippen molar-refractivity contribution in [1.82, 2.24) is 15.1 Å². The Balaban J connectivity index is 2.31. The second-order valence-corrected chi connectivity index (χ2v) is 16.2. The zero-order chi connectivity index (χ0) is 35.4. The number of unbranched alkanes of at least 4 members (excludes halogenated alkanes) is 17. The van der Waals surface area contributed by atoms with Gasteiger partial charge in [0.2, 0.25) is 11.8 Å². The van der Waals surface area contributed by atoms with Gasteiger partial charge in [0.15, 0.2) is 0 Å². The van der Waals surface area contributed by atoms with E-state index in [9.17, 15) is 9.59 Å². The molecule has 1 atom stereocenters. The lowest BCUT2D eigenvalue weighted by Crippen LogP contribution is -2.59. The van der Waals surface area contributed by atoms with Crippen molar-refractivity contribution in [2.45, 2.75) is 245 Å². The Hall–Kier alpha value is -1.10. The van der Waals surface area contributed by atoms with Crippen LogP contribution in [-0.2, 0) is 9.59 Å². The summed E-state index contributed by atoms with van der Waals surface area (Å²) in [5, 5.41) is 3.61. The fraction of sp³-hybridized carbons (Fsp3) is 0.955. The van der Waals surface area contributed by atoms with E-state index in [-0.39, 0.29) is 35.9 Å². The number of nitrogens with one attached hydrogen (secondary N) is 1. The molecule has 1 unspecified atom stereocenters. The smallest absolute Gasteiger partial charge is 0.243 e. The average molecular weight is 688 g/mol. The summed E-state index contributed by atoms with van der Waals surface area (Å²) in [6.45, 7) is 12.3. The molecule has 0 radical (unpaired) electrons. The van der Waals surface area contributed by atoms with Gasteiger partial charge in [-0.05, 0) is 70.5 Å². The van der Waals surface area contributed by atoms with Gasteiger partial charge in [0.1, 0.15) is 6.04 Å². The van der Waals surface area contributed by atoms with E-state index in [2.05, 4.69) is 42.8 Å². The zero-order valence-electron chi connectivity index (χ0n) is 33.6. The van der Waals surface area contributed by atoms with Gasteiger partial charge in [-0.15, -0.1) is 0 Å². The minimum absolute atomic E-state index is 0.182. The highest BCUT2D eigenvalue weighted by atomic mass is 16.2. The highest BCUT2D eigenvalue weighted by molar-refractivity contribution is 5.88. The summed E-state index contributed by atoms with van der Waals surface area (Å²) in [6.07, 6.45) is 37.2. The normalized spacial score (nSPS) is 17.3. The lowest BCUT2D eigenvalue weighted by Gasteiger charge is -2.44. The van der Waals surface area contributed by atoms with Crippen LogP contribution in [-0.4, -0.2) is 59.4 Å². The number of carbonyl (C=O) groups is 2. The standard InChI is InChI=1S/C44H85N3O2/c1-5-9-12-15-18-19-22-29-34-42(48)47(41(32-27-20-16-13-10-6-2)33-28-21-17-14-11-7-3)43(39-35-37-46(8-4)38-36-39)44(49)45-40-30-25-23-24-26-31-40/h39-41,43H,5-38H2,1-4H3,(H,45,49). The molecule has 0 aromatic rings. The minimum atomic E-state index is -0.311. The number of likely N-dealkylation sites (tertiary alicyclic amines) is 1. The molecule has 1 N–H and O–H groups in total. The summed E-state index contributed by atoms with van der Waals surface area (Å²) >= 11 is 0. The molecule has 288 valence electrons. The van der Waals surface area contributed by atoms with Crippen molar-refractivity contribution in [3.8, 4) is 0 Å². The number of nitrogens with zero attached hydrogens (tertiary/aromatic N) is 2. The third-order valence-corrected chi connectivity index (χ3v) is 12.0. The fourth-order valence-electron chi connectivity index (χ4n) is 8.73. The number of hydrogen-bond donors (Lipinski definition) is 1. The number of hydrogen-bond acceptors (Lipinski definition) is 3. The molecule has 1 saturated heterocycles. The second kappa shape index (κ2) is 29.5. The van der Waals surface area contributed by atoms with Gasteiger partial charge in [-0.25, -0.2) is 0 Å². The second-order valence-electron chi connectivity index (χ2n) is 16.2. The number of amides is 2. The molecular weight excluding hydrogens is 603 g/mol. The SMILES string of the molecule is CCCCCCCCCCC(=O)N(C(CCCCCCCC)CCCCCCCC)C(C(=O)NC1CCCCCC1)C1CCN(CC)CC1. The first-order chi connectivity index (χ1) is 24.0. The molecule has 0 aromatic heterocycles. The molecule has 0 bridgehead atoms. The Morgan fingerprint density at radius 1 is 0.592 bits per heavy atom. The van der Waals surface area contributed by atoms with Gasteiger partial charge in [-0.3, -0.25) is 9.59 Å². The third kappa shape index (κ3) is 19.4. The third-order valence-electron chi connectivity index (χ3n) is 12.0. The first-order valence-corrected chi connectivity index (χ1v) is 22.4. The largest absolute Gasteiger partial charge is 0.352 e. The topological polar surface area (TPSA) is 52.7 Å². The van der Waals surface area contributed by atoms with E-state index < -0.39 is 0 Å². The minimum Gasteiger partial charge on any atom is -0.352 e. The van der Waals surface area contributed by atoms with Crippen LogP contribution >= 0.6 is 0 Å². The van der Waals surface area contributed by atoms with Crippen LogP contribution in [0.3, 0.4) is 0 Å². The lowest BCUT2D eigenvalue weighted by atomic mass is 9.85. The molecule has 1 aliphatic carbocycles. The fourth-order valence-corrected chi connectivity index (χ4v) is 8.73. The first-order valence-electron chi connectivity index (χ1n) is 22.4. The predicted octanol–water partition coefficient (Wildman–Crippen LogP) is 12.2. The van der Waals surface area contributed by atoms with Crippen LogP contribution in [0.1, 0.15) is 227 Å². The highest BCUT2D eigenvalue weighted by Gasteiger charge is 2.41. The van der Waals surface area contributed by atoms with Crippen LogP contribution in [0.2, 0.25) is 0 Å². The summed E-state index contributed by atoms with van der Waals surface area (Å²) in [6, 6.07) is 0.149. The van der Waals surface area contributed by atoms with Crippen molar-refractivity contribution in [2.75, 3.05) is 19.6 Å². The van der Waals surface area contributed by atoms with E-state index in [1.165, 1.54) is 141 Å². The number of piperidine rings is 1. The van der Waals surface area contributed by atoms with Gasteiger partial charge in [0, 0.05) is 18.5 Å². The van der Waals surface area contributed by atoms with E-state index in [0.717, 1.165) is 71.0 Å². The van der Waals surface area contributed by atoms with E-state index in [1.807, 2.05) is 0 Å². The quantitative estimate of drug-likeness (QED) is 0.0629. The molecule has 5 heteroatoms. The Morgan fingerprint density at radius 3 is 1.51 bits per heavy atom. The molecule has 2 rings (SSSR count). The van der Waals surface area contributed by atoms with Crippen molar-refractivity contribution in [1.29, 1.82) is 0 Å². The summed E-state index contributed by atoms with van der Waals surface area (Å²) in [5.41, 5.74) is 0. The van der Waals surface area contributed by atoms with E-state index in [0.29, 0.717) is 6.42 Å². The average Bonchev–Trinajstić information content (AvgIpc) is 3.39. The van der Waals surface area contributed by atoms with Crippen molar-refractivity contribution >= 4 is 11.8 Å². The molecule has 0 spiro atoms. The maximum absolute atomic E-state index is 14.7. The molecule has 2 fully saturated rings. The Bertz CT molecular complexity index is 771. The Morgan fingerprint density at radius 2 is 1.04 bits per heavy atom. The monoisotopic (exact) mass is 688 g/mol. The van der Waals surface area contributed by atoms with E-state index in [4.69, 9.17) is 0 Å². The van der Waals surface area contributed by atoms with Crippen LogP contribution in [0.25, 0.3) is 0 Å². The molecule has 2 aliphatic rings. The summed E-state index contributed by atoms with van der Waals surface area (Å²) in [5.74, 6) is 0.724. The maximum Gasteiger partial charge on any atom is 0.243 e. The van der Waals surface area contributed by atoms with Gasteiger partial charge in [-0.1, -0.05) is 175 Å². The van der Waals surface area contributed by atoms with Crippen LogP contribution in [0, 0.1) is 5.92 Å². The van der Waals surface area contributed by atoms with Crippen molar-refractivity contribution < 1.29 is 9.59 Å². The van der Waals surface area contributed by atoms with Crippen LogP contribution in [0.15, 0.2) is 0 Å². The van der Waals surface area contributed by atoms with Crippen LogP contribution in [0.4, 0.5) is 0 Å². The molecule has 1 heterocycles. The lowest BCUT2D eigenvalue weighted by molar-refractivity contribution is -0.147. The maximum atomic E-state index is 14.7. The zero-order valence-corrected chi connectivity index (χ0v) is 33.6. The van der Waals surface area contributed by atoms with E-state index in [1.54, 1.807) is 0 Å². The summed E-state index contributed by atoms with van der Waals surface area (Å²) in [4.78, 5) is 34.2. The van der Waals surface area contributed by atoms with Gasteiger partial charge in [0.25, 0.3) is 0 Å². The number of rotatable bonds is 29. The molecule has 1 saturated carbocycles. The molecule has 5 nitrogen and oxygen atoms in total. The molecular formula is C44H85N3O2. The molecule has 1 aliphatic heterocycles. The van der Waals surface area contributed by atoms with Crippen molar-refractivity contribution in [2.24, 2.45) is 5.92 Å². The van der Waals surface area contributed by atoms with Gasteiger partial charge in [-0.2, -0.15) is 0 Å². The van der Waals surface area contributed by atoms with Crippen molar-refractivity contribution in [3.63, 3.8) is 0 Å². The first kappa shape index (κ1) is 44.1. The number of carbonyl (C=O) groups excluding carboxylic acids is 2. The Kier molecular flexibility index (Phi) is 26.5. The predicted molar refractivity (Wildman–Crippen MR) is 212 cm³/mol. The van der Waals surface area contributed by atoms with Crippen LogP contribution < -0.4 is 5.32 Å². The van der Waals surface area contributed by atoms with Gasteiger partial charge in [0.05, 0.1) is 0 Å². The van der Waals surface area contributed by atoms with Gasteiger partial charge >= 0.3 is 0 Å². The van der Waals surface area contributed by atoms with E-state index >= 15 is 0 Å². The van der Waals surface area contributed by atoms with Gasteiger partial charge < -0.3 is 15.1 Å². The molecule has 2 amide bonds. The van der Waals surface area contributed by atoms with Crippen molar-refractivity contribution in [3.05, 3.63) is 0 Å². The van der Waals surface area contributed by atoms with Crippen LogP contribution in [0.5, 0.6) is 0 Å².